The van der Waals surface area contributed by atoms with Crippen LogP contribution in [0.3, 0.4) is 0 Å². The van der Waals surface area contributed by atoms with Crippen molar-refractivity contribution < 1.29 is 31.6 Å². The zero-order chi connectivity index (χ0) is 20.0. The number of hydrogen-bond acceptors (Lipinski definition) is 8. The van der Waals surface area contributed by atoms with E-state index in [1.807, 2.05) is 0 Å². The van der Waals surface area contributed by atoms with Crippen LogP contribution in [0.5, 0.6) is 0 Å². The average molecular weight is 406 g/mol. The zero-order valence-electron chi connectivity index (χ0n) is 15.0. The highest BCUT2D eigenvalue weighted by Crippen LogP contribution is 2.21. The number of sulfonamides is 1. The molecule has 1 aromatic carbocycles. The number of hydrogen-bond donors (Lipinski definition) is 1. The van der Waals surface area contributed by atoms with Gasteiger partial charge in [-0.05, 0) is 36.4 Å². The lowest BCUT2D eigenvalue weighted by Crippen LogP contribution is -2.27. The second-order valence-electron chi connectivity index (χ2n) is 5.65. The van der Waals surface area contributed by atoms with E-state index < -0.39 is 16.0 Å². The topological polar surface area (TPSA) is 121 Å². The van der Waals surface area contributed by atoms with Gasteiger partial charge in [0.1, 0.15) is 12.3 Å². The summed E-state index contributed by atoms with van der Waals surface area (Å²) < 4.78 is 46.9. The second kappa shape index (κ2) is 8.83. The summed E-state index contributed by atoms with van der Waals surface area (Å²) in [6.45, 7) is 0.315. The molecule has 0 saturated heterocycles. The van der Waals surface area contributed by atoms with Crippen LogP contribution >= 0.6 is 0 Å². The summed E-state index contributed by atoms with van der Waals surface area (Å²) >= 11 is 0. The van der Waals surface area contributed by atoms with E-state index >= 15 is 0 Å². The van der Waals surface area contributed by atoms with E-state index in [0.29, 0.717) is 17.2 Å². The molecule has 0 aliphatic rings. The summed E-state index contributed by atoms with van der Waals surface area (Å²) in [7, 11) is -2.18. The molecule has 2 aromatic heterocycles. The van der Waals surface area contributed by atoms with E-state index in [-0.39, 0.29) is 30.2 Å². The Morgan fingerprint density at radius 3 is 2.64 bits per heavy atom. The molecule has 0 amide bonds. The van der Waals surface area contributed by atoms with E-state index in [1.54, 1.807) is 18.2 Å². The fourth-order valence-electron chi connectivity index (χ4n) is 2.27. The van der Waals surface area contributed by atoms with Crippen molar-refractivity contribution in [3.05, 3.63) is 60.0 Å². The standard InChI is InChI=1S/C18H18N2O7S/c1-24-10-8-19-28(22,23)15-6-4-13(5-7-15)18(21)26-12-14-11-17(27-20-14)16-3-2-9-25-16/h2-7,9,11,19H,8,10,12H2,1H3. The highest BCUT2D eigenvalue weighted by atomic mass is 32.2. The molecule has 0 spiro atoms. The lowest BCUT2D eigenvalue weighted by Gasteiger charge is -2.07. The molecule has 0 aliphatic carbocycles. The van der Waals surface area contributed by atoms with E-state index in [4.69, 9.17) is 18.4 Å². The third-order valence-corrected chi connectivity index (χ3v) is 5.15. The molecule has 2 heterocycles. The fourth-order valence-corrected chi connectivity index (χ4v) is 3.28. The van der Waals surface area contributed by atoms with Gasteiger partial charge in [-0.25, -0.2) is 17.9 Å². The maximum atomic E-state index is 12.1. The predicted molar refractivity (Wildman–Crippen MR) is 96.8 cm³/mol. The minimum atomic E-state index is -3.66. The van der Waals surface area contributed by atoms with Gasteiger partial charge in [0.05, 0.1) is 23.3 Å². The quantitative estimate of drug-likeness (QED) is 0.424. The van der Waals surface area contributed by atoms with Gasteiger partial charge < -0.3 is 18.4 Å². The molecule has 0 fully saturated rings. The lowest BCUT2D eigenvalue weighted by molar-refractivity contribution is 0.0464. The van der Waals surface area contributed by atoms with Crippen LogP contribution in [0.1, 0.15) is 16.1 Å². The van der Waals surface area contributed by atoms with Gasteiger partial charge in [-0.15, -0.1) is 0 Å². The van der Waals surface area contributed by atoms with E-state index in [1.165, 1.54) is 37.6 Å². The Kier molecular flexibility index (Phi) is 6.24. The predicted octanol–water partition coefficient (Wildman–Crippen LogP) is 2.22. The number of nitrogens with one attached hydrogen (secondary N) is 1. The molecule has 0 unspecified atom stereocenters. The molecule has 0 radical (unpaired) electrons. The maximum absolute atomic E-state index is 12.1. The summed E-state index contributed by atoms with van der Waals surface area (Å²) in [5.74, 6) is 0.325. The van der Waals surface area contributed by atoms with Gasteiger partial charge in [0.25, 0.3) is 0 Å². The summed E-state index contributed by atoms with van der Waals surface area (Å²) in [5, 5.41) is 3.81. The first-order valence-corrected chi connectivity index (χ1v) is 9.73. The van der Waals surface area contributed by atoms with E-state index in [9.17, 15) is 13.2 Å². The zero-order valence-corrected chi connectivity index (χ0v) is 15.8. The van der Waals surface area contributed by atoms with Crippen LogP contribution < -0.4 is 4.72 Å². The van der Waals surface area contributed by atoms with Gasteiger partial charge in [0, 0.05) is 19.7 Å². The number of esters is 1. The van der Waals surface area contributed by atoms with Crippen molar-refractivity contribution in [1.82, 2.24) is 9.88 Å². The Labute approximate surface area is 161 Å². The Morgan fingerprint density at radius 2 is 1.96 bits per heavy atom. The summed E-state index contributed by atoms with van der Waals surface area (Å²) in [6.07, 6.45) is 1.51. The number of benzene rings is 1. The number of rotatable bonds is 9. The highest BCUT2D eigenvalue weighted by molar-refractivity contribution is 7.89. The highest BCUT2D eigenvalue weighted by Gasteiger charge is 2.16. The molecule has 148 valence electrons. The number of furan rings is 1. The number of methoxy groups -OCH3 is 1. The number of nitrogens with zero attached hydrogens (tertiary/aromatic N) is 1. The summed E-state index contributed by atoms with van der Waals surface area (Å²) in [6, 6.07) is 10.5. The molecule has 0 atom stereocenters. The minimum absolute atomic E-state index is 0.0414. The average Bonchev–Trinajstić information content (AvgIpc) is 3.38. The van der Waals surface area contributed by atoms with Crippen molar-refractivity contribution in [3.63, 3.8) is 0 Å². The number of carbonyl (C=O) groups is 1. The van der Waals surface area contributed by atoms with Crippen LogP contribution in [0.2, 0.25) is 0 Å². The van der Waals surface area contributed by atoms with Crippen LogP contribution in [0.15, 0.2) is 62.6 Å². The molecule has 10 heteroatoms. The number of carbonyl (C=O) groups excluding carboxylic acids is 1. The van der Waals surface area contributed by atoms with E-state index in [2.05, 4.69) is 9.88 Å². The van der Waals surface area contributed by atoms with E-state index in [0.717, 1.165) is 0 Å². The van der Waals surface area contributed by atoms with Gasteiger partial charge >= 0.3 is 5.97 Å². The van der Waals surface area contributed by atoms with Crippen LogP contribution in [0.25, 0.3) is 11.5 Å². The molecule has 0 aliphatic heterocycles. The first kappa shape index (κ1) is 19.8. The summed E-state index contributed by atoms with van der Waals surface area (Å²) in [5.41, 5.74) is 0.631. The van der Waals surface area contributed by atoms with Crippen LogP contribution in [-0.4, -0.2) is 39.8 Å². The van der Waals surface area contributed by atoms with Crippen LogP contribution in [-0.2, 0) is 26.1 Å². The molecule has 28 heavy (non-hydrogen) atoms. The van der Waals surface area contributed by atoms with Gasteiger partial charge in [0.2, 0.25) is 15.8 Å². The Balaban J connectivity index is 1.57. The molecule has 0 bridgehead atoms. The molecule has 0 saturated carbocycles. The van der Waals surface area contributed by atoms with Crippen LogP contribution in [0, 0.1) is 0 Å². The van der Waals surface area contributed by atoms with Crippen molar-refractivity contribution in [1.29, 1.82) is 0 Å². The van der Waals surface area contributed by atoms with Crippen molar-refractivity contribution in [3.8, 4) is 11.5 Å². The Hall–Kier alpha value is -2.95. The van der Waals surface area contributed by atoms with Crippen molar-refractivity contribution >= 4 is 16.0 Å². The molecule has 3 aromatic rings. The van der Waals surface area contributed by atoms with Gasteiger partial charge in [0.15, 0.2) is 5.76 Å². The van der Waals surface area contributed by atoms with Gasteiger partial charge in [-0.3, -0.25) is 0 Å². The number of ether oxygens (including phenoxy) is 2. The van der Waals surface area contributed by atoms with Gasteiger partial charge in [-0.2, -0.15) is 0 Å². The van der Waals surface area contributed by atoms with Crippen LogP contribution in [0.4, 0.5) is 0 Å². The summed E-state index contributed by atoms with van der Waals surface area (Å²) in [4.78, 5) is 12.2. The lowest BCUT2D eigenvalue weighted by atomic mass is 10.2. The van der Waals surface area contributed by atoms with Crippen molar-refractivity contribution in [2.75, 3.05) is 20.3 Å². The smallest absolute Gasteiger partial charge is 0.338 e. The minimum Gasteiger partial charge on any atom is -0.461 e. The molecule has 9 nitrogen and oxygen atoms in total. The van der Waals surface area contributed by atoms with Gasteiger partial charge in [-0.1, -0.05) is 5.16 Å². The molecular weight excluding hydrogens is 388 g/mol. The third-order valence-electron chi connectivity index (χ3n) is 3.67. The normalized spacial score (nSPS) is 11.5. The third kappa shape index (κ3) is 4.85. The monoisotopic (exact) mass is 406 g/mol. The SMILES string of the molecule is COCCNS(=O)(=O)c1ccc(C(=O)OCc2cc(-c3ccco3)on2)cc1. The molecule has 3 rings (SSSR count). The van der Waals surface area contributed by atoms with Crippen molar-refractivity contribution in [2.45, 2.75) is 11.5 Å². The molecular formula is C18H18N2O7S. The Morgan fingerprint density at radius 1 is 1.18 bits per heavy atom. The number of aromatic nitrogens is 1. The fraction of sp³-hybridized carbons (Fsp3) is 0.222. The maximum Gasteiger partial charge on any atom is 0.338 e. The second-order valence-corrected chi connectivity index (χ2v) is 7.42. The first-order valence-electron chi connectivity index (χ1n) is 8.25. The Bertz CT molecular complexity index is 1010. The molecule has 1 N–H and O–H groups in total. The van der Waals surface area contributed by atoms with Crippen molar-refractivity contribution in [2.24, 2.45) is 0 Å². The first-order chi connectivity index (χ1) is 13.5. The largest absolute Gasteiger partial charge is 0.461 e.